The largest absolute Gasteiger partial charge is 0.480 e. The van der Waals surface area contributed by atoms with Gasteiger partial charge in [0.15, 0.2) is 6.04 Å². The molecule has 6 nitrogen and oxygen atoms in total. The lowest BCUT2D eigenvalue weighted by molar-refractivity contribution is -0.143. The van der Waals surface area contributed by atoms with E-state index in [0.29, 0.717) is 18.4 Å². The molecular weight excluding hydrogens is 356 g/mol. The number of piperidine rings is 1. The van der Waals surface area contributed by atoms with Crippen molar-refractivity contribution in [2.24, 2.45) is 0 Å². The van der Waals surface area contributed by atoms with E-state index in [2.05, 4.69) is 4.90 Å². The lowest BCUT2D eigenvalue weighted by atomic mass is 9.96. The van der Waals surface area contributed by atoms with E-state index in [0.717, 1.165) is 24.2 Å². The molecular formula is C22H24N2O4. The fraction of sp³-hybridized carbons (Fsp3) is 0.364. The number of aliphatic carboxylic acids is 1. The Labute approximate surface area is 164 Å². The van der Waals surface area contributed by atoms with Gasteiger partial charge in [0.05, 0.1) is 6.61 Å². The number of ether oxygens (including phenoxy) is 1. The second-order valence-corrected chi connectivity index (χ2v) is 7.53. The fourth-order valence-corrected chi connectivity index (χ4v) is 4.10. The first-order valence-electron chi connectivity index (χ1n) is 9.55. The number of hydrogen-bond acceptors (Lipinski definition) is 4. The predicted octanol–water partition coefficient (Wildman–Crippen LogP) is 2.70. The molecule has 0 saturated carbocycles. The first-order valence-corrected chi connectivity index (χ1v) is 9.55. The molecule has 0 aromatic heterocycles. The second-order valence-electron chi connectivity index (χ2n) is 7.53. The van der Waals surface area contributed by atoms with Gasteiger partial charge in [-0.2, -0.15) is 0 Å². The minimum atomic E-state index is -1.02. The highest BCUT2D eigenvalue weighted by atomic mass is 16.5. The highest BCUT2D eigenvalue weighted by Gasteiger charge is 2.53. The van der Waals surface area contributed by atoms with Crippen molar-refractivity contribution in [1.29, 1.82) is 0 Å². The molecule has 0 bridgehead atoms. The molecule has 2 aromatic rings. The zero-order valence-corrected chi connectivity index (χ0v) is 15.9. The van der Waals surface area contributed by atoms with Crippen molar-refractivity contribution in [1.82, 2.24) is 9.80 Å². The lowest BCUT2D eigenvalue weighted by Gasteiger charge is -2.43. The molecule has 2 heterocycles. The molecule has 2 fully saturated rings. The molecule has 0 radical (unpaired) electrons. The van der Waals surface area contributed by atoms with Gasteiger partial charge in [-0.15, -0.1) is 0 Å². The Kier molecular flexibility index (Phi) is 4.91. The molecule has 28 heavy (non-hydrogen) atoms. The molecule has 146 valence electrons. The summed E-state index contributed by atoms with van der Waals surface area (Å²) >= 11 is 0. The van der Waals surface area contributed by atoms with Crippen molar-refractivity contribution in [3.05, 3.63) is 60.2 Å². The molecule has 6 heteroatoms. The zero-order valence-electron chi connectivity index (χ0n) is 15.9. The smallest absolute Gasteiger partial charge is 0.328 e. The highest BCUT2D eigenvalue weighted by molar-refractivity contribution is 5.97. The van der Waals surface area contributed by atoms with Gasteiger partial charge in [-0.05, 0) is 30.3 Å². The van der Waals surface area contributed by atoms with E-state index in [1.165, 1.54) is 4.90 Å². The number of rotatable bonds is 3. The quantitative estimate of drug-likeness (QED) is 0.887. The maximum absolute atomic E-state index is 13.3. The molecule has 1 atom stereocenters. The predicted molar refractivity (Wildman–Crippen MR) is 105 cm³/mol. The van der Waals surface area contributed by atoms with Gasteiger partial charge in [0.25, 0.3) is 5.91 Å². The fourth-order valence-electron chi connectivity index (χ4n) is 4.10. The van der Waals surface area contributed by atoms with Gasteiger partial charge in [-0.25, -0.2) is 4.79 Å². The average Bonchev–Trinajstić information content (AvgIpc) is 3.10. The Morgan fingerprint density at radius 2 is 1.61 bits per heavy atom. The van der Waals surface area contributed by atoms with Crippen LogP contribution in [0.25, 0.3) is 11.1 Å². The second kappa shape index (κ2) is 7.37. The van der Waals surface area contributed by atoms with Crippen LogP contribution in [0.5, 0.6) is 0 Å². The third-order valence-corrected chi connectivity index (χ3v) is 5.77. The Balaban J connectivity index is 1.63. The number of likely N-dealkylation sites (tertiary alicyclic amines) is 1. The number of carboxylic acids is 1. The standard InChI is InChI=1S/C22H24N2O4/c1-23-13-11-22(12-14-23)24(19(15-28-22)21(26)27)20(25)18-9-7-17(8-10-18)16-5-3-2-4-6-16/h2-10,19H,11-15H2,1H3,(H,26,27)/t19-/m0/s1. The SMILES string of the molecule is CN1CCC2(CC1)OC[C@@H](C(=O)O)N2C(=O)c1ccc(-c2ccccc2)cc1. The number of carbonyl (C=O) groups is 2. The van der Waals surface area contributed by atoms with E-state index in [1.807, 2.05) is 49.5 Å². The van der Waals surface area contributed by atoms with Gasteiger partial charge in [-0.3, -0.25) is 9.69 Å². The van der Waals surface area contributed by atoms with Gasteiger partial charge in [0, 0.05) is 31.5 Å². The van der Waals surface area contributed by atoms with Crippen molar-refractivity contribution >= 4 is 11.9 Å². The van der Waals surface area contributed by atoms with E-state index in [-0.39, 0.29) is 12.5 Å². The normalized spacial score (nSPS) is 21.8. The van der Waals surface area contributed by atoms with Crippen LogP contribution in [0.1, 0.15) is 23.2 Å². The van der Waals surface area contributed by atoms with Crippen LogP contribution >= 0.6 is 0 Å². The van der Waals surface area contributed by atoms with E-state index < -0.39 is 17.7 Å². The monoisotopic (exact) mass is 380 g/mol. The molecule has 4 rings (SSSR count). The molecule has 2 aromatic carbocycles. The molecule has 0 aliphatic carbocycles. The molecule has 1 N–H and O–H groups in total. The zero-order chi connectivity index (χ0) is 19.7. The van der Waals surface area contributed by atoms with Crippen molar-refractivity contribution in [3.63, 3.8) is 0 Å². The van der Waals surface area contributed by atoms with Crippen molar-refractivity contribution in [3.8, 4) is 11.1 Å². The number of hydrogen-bond donors (Lipinski definition) is 1. The van der Waals surface area contributed by atoms with Crippen LogP contribution in [0.15, 0.2) is 54.6 Å². The lowest BCUT2D eigenvalue weighted by Crippen LogP contribution is -2.57. The summed E-state index contributed by atoms with van der Waals surface area (Å²) < 4.78 is 5.95. The molecule has 2 aliphatic heterocycles. The van der Waals surface area contributed by atoms with Gasteiger partial charge in [0.2, 0.25) is 0 Å². The third kappa shape index (κ3) is 3.30. The van der Waals surface area contributed by atoms with Crippen LogP contribution in [0.3, 0.4) is 0 Å². The van der Waals surface area contributed by atoms with E-state index in [4.69, 9.17) is 4.74 Å². The maximum Gasteiger partial charge on any atom is 0.328 e. The number of carbonyl (C=O) groups excluding carboxylic acids is 1. The summed E-state index contributed by atoms with van der Waals surface area (Å²) in [5, 5.41) is 9.65. The van der Waals surface area contributed by atoms with Crippen LogP contribution in [0.4, 0.5) is 0 Å². The summed E-state index contributed by atoms with van der Waals surface area (Å²) in [5.74, 6) is -1.31. The summed E-state index contributed by atoms with van der Waals surface area (Å²) in [6.07, 6.45) is 1.22. The average molecular weight is 380 g/mol. The number of nitrogens with zero attached hydrogens (tertiary/aromatic N) is 2. The van der Waals surface area contributed by atoms with Crippen LogP contribution in [0, 0.1) is 0 Å². The summed E-state index contributed by atoms with van der Waals surface area (Å²) in [7, 11) is 2.02. The summed E-state index contributed by atoms with van der Waals surface area (Å²) in [6, 6.07) is 16.3. The highest BCUT2D eigenvalue weighted by Crippen LogP contribution is 2.38. The van der Waals surface area contributed by atoms with E-state index >= 15 is 0 Å². The topological polar surface area (TPSA) is 70.1 Å². The molecule has 2 aliphatic rings. The minimum Gasteiger partial charge on any atom is -0.480 e. The van der Waals surface area contributed by atoms with Crippen LogP contribution < -0.4 is 0 Å². The van der Waals surface area contributed by atoms with Crippen molar-refractivity contribution in [2.45, 2.75) is 24.6 Å². The molecule has 1 spiro atoms. The van der Waals surface area contributed by atoms with Crippen LogP contribution in [-0.4, -0.2) is 65.3 Å². The van der Waals surface area contributed by atoms with Crippen LogP contribution in [0.2, 0.25) is 0 Å². The third-order valence-electron chi connectivity index (χ3n) is 5.77. The summed E-state index contributed by atoms with van der Waals surface area (Å²) in [5.41, 5.74) is 1.74. The van der Waals surface area contributed by atoms with E-state index in [9.17, 15) is 14.7 Å². The van der Waals surface area contributed by atoms with Gasteiger partial charge in [-0.1, -0.05) is 42.5 Å². The van der Waals surface area contributed by atoms with Gasteiger partial charge in [0.1, 0.15) is 5.72 Å². The number of amides is 1. The Morgan fingerprint density at radius 3 is 2.21 bits per heavy atom. The summed E-state index contributed by atoms with van der Waals surface area (Å²) in [6.45, 7) is 1.57. The molecule has 1 amide bonds. The number of benzene rings is 2. The van der Waals surface area contributed by atoms with Crippen LogP contribution in [-0.2, 0) is 9.53 Å². The molecule has 0 unspecified atom stereocenters. The number of carboxylic acid groups (broad SMARTS) is 1. The minimum absolute atomic E-state index is 0.0346. The van der Waals surface area contributed by atoms with Crippen molar-refractivity contribution < 1.29 is 19.4 Å². The maximum atomic E-state index is 13.3. The summed E-state index contributed by atoms with van der Waals surface area (Å²) in [4.78, 5) is 28.8. The van der Waals surface area contributed by atoms with Gasteiger partial charge >= 0.3 is 5.97 Å². The van der Waals surface area contributed by atoms with Crippen molar-refractivity contribution in [2.75, 3.05) is 26.7 Å². The van der Waals surface area contributed by atoms with Gasteiger partial charge < -0.3 is 14.7 Å². The van der Waals surface area contributed by atoms with E-state index in [1.54, 1.807) is 12.1 Å². The molecule has 2 saturated heterocycles. The first kappa shape index (κ1) is 18.7. The first-order chi connectivity index (χ1) is 13.5. The Hall–Kier alpha value is -2.70. The Morgan fingerprint density at radius 1 is 1.00 bits per heavy atom. The Bertz CT molecular complexity index is 858.